The van der Waals surface area contributed by atoms with Gasteiger partial charge >= 0.3 is 0 Å². The average Bonchev–Trinajstić information content (AvgIpc) is 3.04. The van der Waals surface area contributed by atoms with Gasteiger partial charge in [-0.05, 0) is 26.8 Å². The summed E-state index contributed by atoms with van der Waals surface area (Å²) in [5, 5.41) is 11.7. The molecule has 0 saturated carbocycles. The van der Waals surface area contributed by atoms with Crippen LogP contribution >= 0.6 is 11.6 Å². The van der Waals surface area contributed by atoms with E-state index in [9.17, 15) is 4.79 Å². The first-order chi connectivity index (χ1) is 9.56. The molecule has 20 heavy (non-hydrogen) atoms. The maximum atomic E-state index is 12.3. The third-order valence-corrected chi connectivity index (χ3v) is 3.36. The Morgan fingerprint density at radius 1 is 1.45 bits per heavy atom. The number of amides is 1. The zero-order chi connectivity index (χ0) is 14.7. The highest BCUT2D eigenvalue weighted by atomic mass is 35.5. The molecule has 0 aliphatic rings. The maximum Gasteiger partial charge on any atom is 0.271 e. The van der Waals surface area contributed by atoms with Gasteiger partial charge in [0.15, 0.2) is 0 Å². The molecule has 6 nitrogen and oxygen atoms in total. The van der Waals surface area contributed by atoms with Gasteiger partial charge in [0.1, 0.15) is 5.69 Å². The van der Waals surface area contributed by atoms with Gasteiger partial charge in [-0.1, -0.05) is 11.6 Å². The van der Waals surface area contributed by atoms with Gasteiger partial charge in [0.05, 0.1) is 23.0 Å². The first-order valence-electron chi connectivity index (χ1n) is 6.62. The summed E-state index contributed by atoms with van der Waals surface area (Å²) in [5.74, 6) is -0.243. The Morgan fingerprint density at radius 3 is 2.80 bits per heavy atom. The highest BCUT2D eigenvalue weighted by Crippen LogP contribution is 2.17. The largest absolute Gasteiger partial charge is 0.342 e. The van der Waals surface area contributed by atoms with Crippen molar-refractivity contribution in [3.8, 4) is 0 Å². The molecule has 2 aromatic heterocycles. The van der Waals surface area contributed by atoms with Crippen molar-refractivity contribution in [2.75, 3.05) is 0 Å². The summed E-state index contributed by atoms with van der Waals surface area (Å²) in [6, 6.07) is 1.71. The van der Waals surface area contributed by atoms with Crippen LogP contribution in [0.4, 0.5) is 0 Å². The third kappa shape index (κ3) is 2.85. The van der Waals surface area contributed by atoms with Crippen LogP contribution in [0.15, 0.2) is 18.5 Å². The molecule has 0 radical (unpaired) electrons. The molecule has 1 N–H and O–H groups in total. The fourth-order valence-corrected chi connectivity index (χ4v) is 2.18. The van der Waals surface area contributed by atoms with Crippen molar-refractivity contribution >= 4 is 17.5 Å². The van der Waals surface area contributed by atoms with E-state index in [2.05, 4.69) is 15.5 Å². The van der Waals surface area contributed by atoms with Crippen LogP contribution in [0.1, 0.15) is 43.0 Å². The second-order valence-corrected chi connectivity index (χ2v) is 4.86. The van der Waals surface area contributed by atoms with Gasteiger partial charge in [0.2, 0.25) is 0 Å². The van der Waals surface area contributed by atoms with Crippen LogP contribution in [0, 0.1) is 0 Å². The first kappa shape index (κ1) is 14.6. The second kappa shape index (κ2) is 6.09. The summed E-state index contributed by atoms with van der Waals surface area (Å²) >= 11 is 6.01. The lowest BCUT2D eigenvalue weighted by atomic mass is 10.2. The minimum atomic E-state index is -0.243. The molecule has 2 heterocycles. The minimum absolute atomic E-state index is 0.188. The normalized spacial score (nSPS) is 12.4. The molecule has 0 saturated heterocycles. The highest BCUT2D eigenvalue weighted by Gasteiger charge is 2.20. The zero-order valence-electron chi connectivity index (χ0n) is 11.8. The molecule has 0 bridgehead atoms. The Labute approximate surface area is 122 Å². The molecule has 0 aromatic carbocycles. The Morgan fingerprint density at radius 2 is 2.20 bits per heavy atom. The molecule has 7 heteroatoms. The Hall–Kier alpha value is -1.82. The molecule has 1 amide bonds. The number of aryl methyl sites for hydroxylation is 2. The quantitative estimate of drug-likeness (QED) is 0.920. The summed E-state index contributed by atoms with van der Waals surface area (Å²) in [6.07, 6.45) is 3.37. The van der Waals surface area contributed by atoms with Crippen molar-refractivity contribution in [2.45, 2.75) is 39.9 Å². The lowest BCUT2D eigenvalue weighted by Gasteiger charge is -2.12. The molecule has 0 spiro atoms. The monoisotopic (exact) mass is 295 g/mol. The molecular formula is C13H18ClN5O. The molecular weight excluding hydrogens is 278 g/mol. The number of nitrogens with one attached hydrogen (secondary N) is 1. The summed E-state index contributed by atoms with van der Waals surface area (Å²) in [6.45, 7) is 7.20. The smallest absolute Gasteiger partial charge is 0.271 e. The molecule has 0 fully saturated rings. The molecule has 1 unspecified atom stereocenters. The zero-order valence-corrected chi connectivity index (χ0v) is 12.6. The Bertz CT molecular complexity index is 604. The summed E-state index contributed by atoms with van der Waals surface area (Å²) in [5.41, 5.74) is 1.20. The number of hydrogen-bond acceptors (Lipinski definition) is 3. The number of aromatic nitrogens is 4. The number of rotatable bonds is 5. The number of carbonyl (C=O) groups excluding carboxylic acids is 1. The van der Waals surface area contributed by atoms with E-state index >= 15 is 0 Å². The van der Waals surface area contributed by atoms with E-state index in [1.165, 1.54) is 6.20 Å². The van der Waals surface area contributed by atoms with E-state index in [-0.39, 0.29) is 11.9 Å². The predicted octanol–water partition coefficient (Wildman–Crippen LogP) is 2.26. The van der Waals surface area contributed by atoms with Crippen LogP contribution in [-0.4, -0.2) is 25.5 Å². The van der Waals surface area contributed by atoms with Gasteiger partial charge < -0.3 is 5.32 Å². The molecule has 2 rings (SSSR count). The lowest BCUT2D eigenvalue weighted by Crippen LogP contribution is -2.29. The summed E-state index contributed by atoms with van der Waals surface area (Å²) in [4.78, 5) is 12.3. The maximum absolute atomic E-state index is 12.3. The van der Waals surface area contributed by atoms with Crippen LogP contribution in [0.5, 0.6) is 0 Å². The van der Waals surface area contributed by atoms with Crippen molar-refractivity contribution < 1.29 is 4.79 Å². The van der Waals surface area contributed by atoms with Gasteiger partial charge in [0, 0.05) is 19.3 Å². The molecule has 1 atom stereocenters. The topological polar surface area (TPSA) is 64.7 Å². The van der Waals surface area contributed by atoms with Crippen LogP contribution in [0.3, 0.4) is 0 Å². The van der Waals surface area contributed by atoms with Crippen molar-refractivity contribution in [1.82, 2.24) is 24.9 Å². The van der Waals surface area contributed by atoms with E-state index in [0.717, 1.165) is 12.2 Å². The fraction of sp³-hybridized carbons (Fsp3) is 0.462. The minimum Gasteiger partial charge on any atom is -0.342 e. The second-order valence-electron chi connectivity index (χ2n) is 4.45. The van der Waals surface area contributed by atoms with Crippen molar-refractivity contribution in [3.05, 3.63) is 34.9 Å². The fourth-order valence-electron chi connectivity index (χ4n) is 1.95. The SMILES string of the molecule is CCn1ccc(C(C)NC(=O)c2c(Cl)cnn2CC)n1. The summed E-state index contributed by atoms with van der Waals surface area (Å²) in [7, 11) is 0. The van der Waals surface area contributed by atoms with Crippen LogP contribution in [0.25, 0.3) is 0 Å². The third-order valence-electron chi connectivity index (χ3n) is 3.09. The van der Waals surface area contributed by atoms with E-state index in [0.29, 0.717) is 17.3 Å². The van der Waals surface area contributed by atoms with E-state index in [1.807, 2.05) is 37.7 Å². The number of nitrogens with zero attached hydrogens (tertiary/aromatic N) is 4. The van der Waals surface area contributed by atoms with Crippen molar-refractivity contribution in [3.63, 3.8) is 0 Å². The lowest BCUT2D eigenvalue weighted by molar-refractivity contribution is 0.0928. The number of carbonyl (C=O) groups is 1. The van der Waals surface area contributed by atoms with Crippen molar-refractivity contribution in [1.29, 1.82) is 0 Å². The van der Waals surface area contributed by atoms with E-state index < -0.39 is 0 Å². The average molecular weight is 296 g/mol. The standard InChI is InChI=1S/C13H18ClN5O/c1-4-18-7-6-11(17-18)9(3)16-13(20)12-10(14)8-15-19(12)5-2/h6-9H,4-5H2,1-3H3,(H,16,20). The van der Waals surface area contributed by atoms with E-state index in [4.69, 9.17) is 11.6 Å². The molecule has 0 aliphatic carbocycles. The van der Waals surface area contributed by atoms with Gasteiger partial charge in [-0.3, -0.25) is 14.2 Å². The van der Waals surface area contributed by atoms with Gasteiger partial charge in [-0.25, -0.2) is 0 Å². The predicted molar refractivity (Wildman–Crippen MR) is 76.7 cm³/mol. The van der Waals surface area contributed by atoms with Gasteiger partial charge in [0.25, 0.3) is 5.91 Å². The molecule has 0 aliphatic heterocycles. The number of hydrogen-bond donors (Lipinski definition) is 1. The molecule has 2 aromatic rings. The van der Waals surface area contributed by atoms with Crippen LogP contribution < -0.4 is 5.32 Å². The Balaban J connectivity index is 2.12. The molecule has 108 valence electrons. The first-order valence-corrected chi connectivity index (χ1v) is 7.00. The van der Waals surface area contributed by atoms with Crippen molar-refractivity contribution in [2.24, 2.45) is 0 Å². The highest BCUT2D eigenvalue weighted by molar-refractivity contribution is 6.33. The van der Waals surface area contributed by atoms with Crippen LogP contribution in [0.2, 0.25) is 5.02 Å². The van der Waals surface area contributed by atoms with Gasteiger partial charge in [-0.15, -0.1) is 0 Å². The van der Waals surface area contributed by atoms with Crippen LogP contribution in [-0.2, 0) is 13.1 Å². The van der Waals surface area contributed by atoms with E-state index in [1.54, 1.807) is 4.68 Å². The number of halogens is 1. The van der Waals surface area contributed by atoms with Gasteiger partial charge in [-0.2, -0.15) is 10.2 Å². The summed E-state index contributed by atoms with van der Waals surface area (Å²) < 4.78 is 3.40. The Kier molecular flexibility index (Phi) is 4.44.